The Morgan fingerprint density at radius 1 is 0.323 bits per heavy atom. The highest BCUT2D eigenvalue weighted by molar-refractivity contribution is 6.15. The fourth-order valence-corrected chi connectivity index (χ4v) is 13.6. The number of nitrogens with zero attached hydrogens (tertiary/aromatic N) is 7. The molecule has 0 aliphatic rings. The topological polar surface area (TPSA) is 85.2 Å². The number of aryl methyl sites for hydroxylation is 1. The molecule has 93 heavy (non-hydrogen) atoms. The zero-order valence-electron chi connectivity index (χ0n) is 50.1. The molecule has 6 aromatic heterocycles. The first-order valence-electron chi connectivity index (χ1n) is 30.6. The van der Waals surface area contributed by atoms with Gasteiger partial charge in [-0.15, -0.1) is 0 Å². The summed E-state index contributed by atoms with van der Waals surface area (Å²) in [6, 6.07) is 91.6. The number of nitriles is 1. The van der Waals surface area contributed by atoms with Crippen molar-refractivity contribution in [2.24, 2.45) is 0 Å². The Kier molecular flexibility index (Phi) is 13.8. The van der Waals surface area contributed by atoms with Gasteiger partial charge in [-0.25, -0.2) is 0 Å². The van der Waals surface area contributed by atoms with Gasteiger partial charge >= 0.3 is 6.18 Å². The van der Waals surface area contributed by atoms with E-state index in [0.29, 0.717) is 39.0 Å². The molecule has 10 aromatic carbocycles. The molecule has 0 N–H and O–H groups in total. The van der Waals surface area contributed by atoms with E-state index in [-0.39, 0.29) is 16.7 Å². The number of hydrogen-bond acceptors (Lipinski definition) is 5. The van der Waals surface area contributed by atoms with E-state index in [9.17, 15) is 5.26 Å². The van der Waals surface area contributed by atoms with Gasteiger partial charge in [-0.1, -0.05) is 182 Å². The van der Waals surface area contributed by atoms with E-state index in [2.05, 4.69) is 88.0 Å². The van der Waals surface area contributed by atoms with Crippen LogP contribution in [0.2, 0.25) is 0 Å². The maximum absolute atomic E-state index is 16.4. The molecule has 0 saturated heterocycles. The number of halogens is 3. The third kappa shape index (κ3) is 9.78. The summed E-state index contributed by atoms with van der Waals surface area (Å²) in [6.07, 6.45) is 2.37. The Hall–Kier alpha value is -12.3. The highest BCUT2D eigenvalue weighted by atomic mass is 19.4. The summed E-state index contributed by atoms with van der Waals surface area (Å²) in [5, 5.41) is 14.8. The Balaban J connectivity index is 1.02. The Bertz CT molecular complexity index is 5050. The van der Waals surface area contributed by atoms with Crippen LogP contribution in [0, 0.1) is 18.3 Å². The molecule has 0 fully saturated rings. The van der Waals surface area contributed by atoms with Crippen LogP contribution in [0.1, 0.15) is 16.7 Å². The van der Waals surface area contributed by atoms with Crippen LogP contribution in [0.4, 0.5) is 13.2 Å². The summed E-state index contributed by atoms with van der Waals surface area (Å²) in [4.78, 5) is 19.7. The lowest BCUT2D eigenvalue weighted by Gasteiger charge is -2.24. The van der Waals surface area contributed by atoms with Crippen LogP contribution in [0.5, 0.6) is 0 Å². The number of pyridine rings is 4. The fourth-order valence-electron chi connectivity index (χ4n) is 13.6. The van der Waals surface area contributed by atoms with Crippen LogP contribution in [-0.2, 0) is 6.18 Å². The predicted molar refractivity (Wildman–Crippen MR) is 370 cm³/mol. The molecule has 0 amide bonds. The molecular weight excluding hydrogens is 1150 g/mol. The van der Waals surface area contributed by atoms with Gasteiger partial charge in [0, 0.05) is 102 Å². The normalized spacial score (nSPS) is 11.6. The second kappa shape index (κ2) is 22.9. The van der Waals surface area contributed by atoms with E-state index in [1.54, 1.807) is 49.9 Å². The van der Waals surface area contributed by atoms with E-state index in [1.165, 1.54) is 6.07 Å². The van der Waals surface area contributed by atoms with E-state index in [0.717, 1.165) is 117 Å². The number of fused-ring (bicyclic) bond motifs is 6. The molecule has 16 rings (SSSR count). The number of rotatable bonds is 11. The van der Waals surface area contributed by atoms with Crippen LogP contribution in [0.25, 0.3) is 156 Å². The van der Waals surface area contributed by atoms with Gasteiger partial charge in [0.25, 0.3) is 0 Å². The number of benzene rings is 10. The van der Waals surface area contributed by atoms with Gasteiger partial charge in [0.05, 0.1) is 73.4 Å². The summed E-state index contributed by atoms with van der Waals surface area (Å²) >= 11 is 0. The molecule has 7 nitrogen and oxygen atoms in total. The van der Waals surface area contributed by atoms with Gasteiger partial charge in [0.1, 0.15) is 0 Å². The lowest BCUT2D eigenvalue weighted by atomic mass is 9.90. The first kappa shape index (κ1) is 56.0. The average Bonchev–Trinajstić information content (AvgIpc) is 1.68. The third-order valence-corrected chi connectivity index (χ3v) is 17.7. The van der Waals surface area contributed by atoms with Crippen molar-refractivity contribution in [3.05, 3.63) is 314 Å². The molecule has 0 bridgehead atoms. The Morgan fingerprint density at radius 3 is 0.925 bits per heavy atom. The molecule has 0 unspecified atom stereocenters. The van der Waals surface area contributed by atoms with Gasteiger partial charge in [-0.2, -0.15) is 18.4 Å². The minimum Gasteiger partial charge on any atom is -0.308 e. The third-order valence-electron chi connectivity index (χ3n) is 17.7. The number of alkyl halides is 3. The molecule has 0 saturated carbocycles. The molecular formula is C83H52F3N7. The SMILES string of the molecule is Cc1cccc(C(F)(F)F)c1-c1c(-n2c3ccc(-c4cccnc4-c4ccccc4)cc3c3cc(-c4cccnc4-c4ccccc4)ccc32)cc(C#N)cc1-n1c2ccc(-c3cccnc3-c3ccccc3)cc2c2cc(-c3cccnc3-c3ccccc3)ccc21. The minimum absolute atomic E-state index is 0.0116. The fraction of sp³-hybridized carbons (Fsp3) is 0.0241. The van der Waals surface area contributed by atoms with Crippen molar-refractivity contribution >= 4 is 43.6 Å². The second-order valence-electron chi connectivity index (χ2n) is 23.2. The van der Waals surface area contributed by atoms with Crippen molar-refractivity contribution in [2.45, 2.75) is 13.1 Å². The largest absolute Gasteiger partial charge is 0.417 e. The summed E-state index contributed by atoms with van der Waals surface area (Å²) in [5.41, 5.74) is 17.9. The van der Waals surface area contributed by atoms with Crippen molar-refractivity contribution in [2.75, 3.05) is 0 Å². The Morgan fingerprint density at radius 2 is 0.634 bits per heavy atom. The van der Waals surface area contributed by atoms with Crippen molar-refractivity contribution < 1.29 is 13.2 Å². The van der Waals surface area contributed by atoms with E-state index >= 15 is 13.2 Å². The summed E-state index contributed by atoms with van der Waals surface area (Å²) in [6.45, 7) is 1.73. The van der Waals surface area contributed by atoms with Crippen LogP contribution in [-0.4, -0.2) is 29.1 Å². The predicted octanol–water partition coefficient (Wildman–Crippen LogP) is 21.7. The molecule has 0 aliphatic carbocycles. The van der Waals surface area contributed by atoms with Crippen molar-refractivity contribution in [1.82, 2.24) is 29.1 Å². The average molecular weight is 1200 g/mol. The number of hydrogen-bond donors (Lipinski definition) is 0. The van der Waals surface area contributed by atoms with Crippen molar-refractivity contribution in [1.29, 1.82) is 5.26 Å². The first-order chi connectivity index (χ1) is 45.7. The molecule has 440 valence electrons. The minimum atomic E-state index is -4.81. The van der Waals surface area contributed by atoms with Crippen LogP contribution >= 0.6 is 0 Å². The summed E-state index contributed by atoms with van der Waals surface area (Å²) in [5.74, 6) is 0. The first-order valence-corrected chi connectivity index (χ1v) is 30.6. The summed E-state index contributed by atoms with van der Waals surface area (Å²) in [7, 11) is 0. The van der Waals surface area contributed by atoms with E-state index < -0.39 is 11.7 Å². The molecule has 0 atom stereocenters. The quantitative estimate of drug-likeness (QED) is 0.129. The van der Waals surface area contributed by atoms with E-state index in [1.807, 2.05) is 170 Å². The number of aromatic nitrogens is 6. The summed E-state index contributed by atoms with van der Waals surface area (Å²) < 4.78 is 53.2. The van der Waals surface area contributed by atoms with Crippen LogP contribution in [0.15, 0.2) is 298 Å². The van der Waals surface area contributed by atoms with Gasteiger partial charge in [0.2, 0.25) is 0 Å². The lowest BCUT2D eigenvalue weighted by Crippen LogP contribution is -2.12. The highest BCUT2D eigenvalue weighted by Gasteiger charge is 2.37. The molecule has 6 heterocycles. The second-order valence-corrected chi connectivity index (χ2v) is 23.2. The lowest BCUT2D eigenvalue weighted by molar-refractivity contribution is -0.137. The molecule has 0 aliphatic heterocycles. The Labute approximate surface area is 533 Å². The zero-order valence-corrected chi connectivity index (χ0v) is 50.1. The molecule has 0 radical (unpaired) electrons. The standard InChI is InChI=1S/C83H52F3N7/c1-52-19-14-32-70(83(84,85)86)77(52)78-75(92-71-37-33-58(62-28-15-41-88-79(62)54-20-6-2-7-21-54)47-66(71)67-48-59(34-38-72(67)92)63-29-16-42-89-80(63)55-22-8-3-9-23-55)45-53(51-87)46-76(78)93-73-39-35-60(64-30-17-43-90-81(64)56-24-10-4-11-25-56)49-68(73)69-50-61(36-40-74(69)93)65-31-18-44-91-82(65)57-26-12-5-13-27-57/h2-50H,1H3. The monoisotopic (exact) mass is 1200 g/mol. The van der Waals surface area contributed by atoms with Crippen molar-refractivity contribution in [3.8, 4) is 118 Å². The van der Waals surface area contributed by atoms with E-state index in [4.69, 9.17) is 19.9 Å². The van der Waals surface area contributed by atoms with Crippen LogP contribution < -0.4 is 0 Å². The van der Waals surface area contributed by atoms with Gasteiger partial charge in [-0.3, -0.25) is 19.9 Å². The van der Waals surface area contributed by atoms with Crippen LogP contribution in [0.3, 0.4) is 0 Å². The molecule has 16 aromatic rings. The zero-order chi connectivity index (χ0) is 62.7. The maximum Gasteiger partial charge on any atom is 0.417 e. The van der Waals surface area contributed by atoms with Crippen molar-refractivity contribution in [3.63, 3.8) is 0 Å². The molecule has 0 spiro atoms. The smallest absolute Gasteiger partial charge is 0.308 e. The maximum atomic E-state index is 16.4. The van der Waals surface area contributed by atoms with Gasteiger partial charge in [0.15, 0.2) is 0 Å². The highest BCUT2D eigenvalue weighted by Crippen LogP contribution is 2.50. The van der Waals surface area contributed by atoms with Gasteiger partial charge < -0.3 is 9.13 Å². The molecule has 10 heteroatoms. The van der Waals surface area contributed by atoms with Gasteiger partial charge in [-0.05, 0) is 126 Å².